The number of amides is 1. The molecule has 0 saturated heterocycles. The Morgan fingerprint density at radius 1 is 1.39 bits per heavy atom. The van der Waals surface area contributed by atoms with E-state index in [1.54, 1.807) is 36.6 Å². The number of hydrogen-bond acceptors (Lipinski definition) is 6. The number of nitrogens with one attached hydrogen (secondary N) is 1. The maximum absolute atomic E-state index is 12.2. The van der Waals surface area contributed by atoms with Crippen molar-refractivity contribution in [1.29, 1.82) is 0 Å². The number of anilines is 1. The fraction of sp³-hybridized carbons (Fsp3) is 0.231. The number of rotatable bonds is 4. The van der Waals surface area contributed by atoms with Gasteiger partial charge in [0.15, 0.2) is 10.8 Å². The van der Waals surface area contributed by atoms with Crippen LogP contribution in [0.4, 0.5) is 5.88 Å². The molecule has 1 atom stereocenters. The van der Waals surface area contributed by atoms with E-state index in [0.717, 1.165) is 0 Å². The van der Waals surface area contributed by atoms with Crippen LogP contribution in [-0.4, -0.2) is 30.9 Å². The van der Waals surface area contributed by atoms with Crippen LogP contribution in [0.5, 0.6) is 0 Å². The van der Waals surface area contributed by atoms with Crippen LogP contribution in [0.3, 0.4) is 0 Å². The van der Waals surface area contributed by atoms with Gasteiger partial charge in [0.25, 0.3) is 0 Å². The molecule has 3 rings (SSSR count). The van der Waals surface area contributed by atoms with Crippen molar-refractivity contribution in [2.24, 2.45) is 0 Å². The van der Waals surface area contributed by atoms with Gasteiger partial charge in [0.2, 0.25) is 11.8 Å². The molecule has 1 amide bonds. The minimum Gasteiger partial charge on any atom is -0.338 e. The SMILES string of the molecule is Cc1cc(NC(=O)[C@@H](C)Sc2nnc3c(Cl)cc(Cl)cn23)on1. The van der Waals surface area contributed by atoms with Gasteiger partial charge in [-0.2, -0.15) is 0 Å². The minimum atomic E-state index is -0.439. The fourth-order valence-corrected chi connectivity index (χ4v) is 3.17. The minimum absolute atomic E-state index is 0.240. The van der Waals surface area contributed by atoms with Crippen LogP contribution in [0.25, 0.3) is 5.65 Å². The van der Waals surface area contributed by atoms with Crippen molar-refractivity contribution in [3.05, 3.63) is 34.1 Å². The highest BCUT2D eigenvalue weighted by atomic mass is 35.5. The Morgan fingerprint density at radius 2 is 2.17 bits per heavy atom. The number of halogens is 2. The number of pyridine rings is 1. The van der Waals surface area contributed by atoms with Crippen LogP contribution >= 0.6 is 35.0 Å². The smallest absolute Gasteiger partial charge is 0.240 e. The van der Waals surface area contributed by atoms with Gasteiger partial charge >= 0.3 is 0 Å². The van der Waals surface area contributed by atoms with Gasteiger partial charge < -0.3 is 4.52 Å². The molecule has 0 radical (unpaired) electrons. The lowest BCUT2D eigenvalue weighted by Gasteiger charge is -2.09. The lowest BCUT2D eigenvalue weighted by Crippen LogP contribution is -2.22. The molecule has 23 heavy (non-hydrogen) atoms. The molecule has 3 aromatic rings. The molecule has 120 valence electrons. The zero-order chi connectivity index (χ0) is 16.6. The summed E-state index contributed by atoms with van der Waals surface area (Å²) in [6.07, 6.45) is 1.65. The van der Waals surface area contributed by atoms with E-state index in [-0.39, 0.29) is 5.91 Å². The van der Waals surface area contributed by atoms with Crippen molar-refractivity contribution in [3.8, 4) is 0 Å². The highest BCUT2D eigenvalue weighted by molar-refractivity contribution is 8.00. The van der Waals surface area contributed by atoms with E-state index in [0.29, 0.717) is 32.4 Å². The predicted molar refractivity (Wildman–Crippen MR) is 88.2 cm³/mol. The fourth-order valence-electron chi connectivity index (χ4n) is 1.84. The van der Waals surface area contributed by atoms with E-state index in [4.69, 9.17) is 27.7 Å². The topological polar surface area (TPSA) is 85.3 Å². The lowest BCUT2D eigenvalue weighted by molar-refractivity contribution is -0.115. The summed E-state index contributed by atoms with van der Waals surface area (Å²) in [5.41, 5.74) is 1.17. The van der Waals surface area contributed by atoms with Crippen LogP contribution < -0.4 is 5.32 Å². The van der Waals surface area contributed by atoms with Crippen LogP contribution in [0.1, 0.15) is 12.6 Å². The molecule has 3 aromatic heterocycles. The molecule has 0 aliphatic rings. The number of aryl methyl sites for hydroxylation is 1. The van der Waals surface area contributed by atoms with E-state index in [1.165, 1.54) is 11.8 Å². The van der Waals surface area contributed by atoms with E-state index >= 15 is 0 Å². The average Bonchev–Trinajstić information content (AvgIpc) is 3.06. The molecule has 7 nitrogen and oxygen atoms in total. The van der Waals surface area contributed by atoms with Gasteiger partial charge in [0, 0.05) is 12.3 Å². The second-order valence-electron chi connectivity index (χ2n) is 4.76. The Hall–Kier alpha value is -1.77. The third kappa shape index (κ3) is 3.44. The summed E-state index contributed by atoms with van der Waals surface area (Å²) in [6, 6.07) is 3.23. The number of carbonyl (C=O) groups excluding carboxylic acids is 1. The summed E-state index contributed by atoms with van der Waals surface area (Å²) in [5, 5.41) is 15.3. The van der Waals surface area contributed by atoms with E-state index < -0.39 is 5.25 Å². The maximum Gasteiger partial charge on any atom is 0.240 e. The molecule has 0 aliphatic heterocycles. The van der Waals surface area contributed by atoms with Crippen LogP contribution in [0.15, 0.2) is 28.0 Å². The summed E-state index contributed by atoms with van der Waals surface area (Å²) in [6.45, 7) is 3.52. The Bertz CT molecular complexity index is 879. The van der Waals surface area contributed by atoms with Crippen molar-refractivity contribution < 1.29 is 9.32 Å². The third-order valence-corrected chi connectivity index (χ3v) is 4.46. The van der Waals surface area contributed by atoms with Crippen LogP contribution in [-0.2, 0) is 4.79 Å². The lowest BCUT2D eigenvalue weighted by atomic mass is 10.4. The van der Waals surface area contributed by atoms with Gasteiger partial charge in [-0.3, -0.25) is 14.5 Å². The summed E-state index contributed by atoms with van der Waals surface area (Å²) in [5.74, 6) is 0.0631. The highest BCUT2D eigenvalue weighted by Gasteiger charge is 2.20. The Balaban J connectivity index is 1.77. The van der Waals surface area contributed by atoms with Gasteiger partial charge in [-0.15, -0.1) is 10.2 Å². The molecule has 0 spiro atoms. The normalized spacial score (nSPS) is 12.5. The molecule has 0 aliphatic carbocycles. The van der Waals surface area contributed by atoms with Gasteiger partial charge in [0.05, 0.1) is 21.0 Å². The van der Waals surface area contributed by atoms with Gasteiger partial charge in [-0.25, -0.2) is 0 Å². The first-order valence-corrected chi connectivity index (χ1v) is 8.18. The summed E-state index contributed by atoms with van der Waals surface area (Å²) in [7, 11) is 0. The summed E-state index contributed by atoms with van der Waals surface area (Å²) in [4.78, 5) is 12.2. The Morgan fingerprint density at radius 3 is 2.87 bits per heavy atom. The largest absolute Gasteiger partial charge is 0.338 e. The second-order valence-corrected chi connectivity index (χ2v) is 6.92. The Kier molecular flexibility index (Phi) is 4.47. The van der Waals surface area contributed by atoms with Gasteiger partial charge in [-0.1, -0.05) is 40.1 Å². The number of fused-ring (bicyclic) bond motifs is 1. The highest BCUT2D eigenvalue weighted by Crippen LogP contribution is 2.27. The third-order valence-electron chi connectivity index (χ3n) is 2.92. The first-order chi connectivity index (χ1) is 10.9. The quantitative estimate of drug-likeness (QED) is 0.706. The van der Waals surface area contributed by atoms with Crippen LogP contribution in [0, 0.1) is 6.92 Å². The van der Waals surface area contributed by atoms with Crippen molar-refractivity contribution in [3.63, 3.8) is 0 Å². The van der Waals surface area contributed by atoms with Crippen LogP contribution in [0.2, 0.25) is 10.0 Å². The van der Waals surface area contributed by atoms with Gasteiger partial charge in [0.1, 0.15) is 0 Å². The first kappa shape index (κ1) is 16.1. The number of nitrogens with zero attached hydrogens (tertiary/aromatic N) is 4. The number of thioether (sulfide) groups is 1. The second kappa shape index (κ2) is 6.38. The average molecular weight is 372 g/mol. The van der Waals surface area contributed by atoms with Crippen molar-refractivity contribution in [1.82, 2.24) is 19.8 Å². The predicted octanol–water partition coefficient (Wildman–Crippen LogP) is 3.45. The number of carbonyl (C=O) groups is 1. The molecule has 0 unspecified atom stereocenters. The molecule has 0 fully saturated rings. The molecule has 0 bridgehead atoms. The van der Waals surface area contributed by atoms with E-state index in [1.807, 2.05) is 0 Å². The molecule has 0 saturated carbocycles. The van der Waals surface area contributed by atoms with Crippen molar-refractivity contribution in [2.75, 3.05) is 5.32 Å². The molecular formula is C13H11Cl2N5O2S. The van der Waals surface area contributed by atoms with Gasteiger partial charge in [-0.05, 0) is 19.9 Å². The molecule has 0 aromatic carbocycles. The number of hydrogen-bond donors (Lipinski definition) is 1. The molecule has 1 N–H and O–H groups in total. The zero-order valence-corrected chi connectivity index (χ0v) is 14.4. The van der Waals surface area contributed by atoms with E-state index in [2.05, 4.69) is 20.7 Å². The summed E-state index contributed by atoms with van der Waals surface area (Å²) >= 11 is 13.3. The maximum atomic E-state index is 12.2. The monoisotopic (exact) mass is 371 g/mol. The zero-order valence-electron chi connectivity index (χ0n) is 12.1. The Labute approximate surface area is 145 Å². The molecule has 10 heteroatoms. The first-order valence-electron chi connectivity index (χ1n) is 6.54. The molecule has 3 heterocycles. The van der Waals surface area contributed by atoms with Crippen molar-refractivity contribution >= 4 is 52.4 Å². The number of aromatic nitrogens is 4. The molecular weight excluding hydrogens is 361 g/mol. The summed E-state index contributed by atoms with van der Waals surface area (Å²) < 4.78 is 6.61. The van der Waals surface area contributed by atoms with E-state index in [9.17, 15) is 4.79 Å². The van der Waals surface area contributed by atoms with Crippen molar-refractivity contribution in [2.45, 2.75) is 24.3 Å². The standard InChI is InChI=1S/C13H11Cl2N5O2S/c1-6-3-10(22-19-6)16-12(21)7(2)23-13-18-17-11-9(15)4-8(14)5-20(11)13/h3-5,7H,1-2H3,(H,16,21)/t7-/m1/s1.